The molecule has 0 aromatic heterocycles. The van der Waals surface area contributed by atoms with Crippen molar-refractivity contribution >= 4 is 17.6 Å². The van der Waals surface area contributed by atoms with Crippen molar-refractivity contribution in [1.82, 2.24) is 10.6 Å². The molecular formula is C21H28ClN3O3. The predicted molar refractivity (Wildman–Crippen MR) is 114 cm³/mol. The van der Waals surface area contributed by atoms with Crippen LogP contribution in [0.3, 0.4) is 0 Å². The molecule has 2 rings (SSSR count). The number of nitrogens with zero attached hydrogens (tertiary/aromatic N) is 1. The lowest BCUT2D eigenvalue weighted by molar-refractivity contribution is 0.311. The number of aliphatic imine (C=N–C) groups is 1. The molecule has 0 fully saturated rings. The molecule has 2 aromatic rings. The van der Waals surface area contributed by atoms with Crippen molar-refractivity contribution in [2.75, 3.05) is 27.9 Å². The first-order valence-corrected chi connectivity index (χ1v) is 9.47. The molecule has 0 atom stereocenters. The Labute approximate surface area is 171 Å². The van der Waals surface area contributed by atoms with E-state index in [-0.39, 0.29) is 0 Å². The fraction of sp³-hybridized carbons (Fsp3) is 0.381. The molecule has 0 heterocycles. The Hall–Kier alpha value is -2.60. The van der Waals surface area contributed by atoms with Crippen LogP contribution in [-0.4, -0.2) is 33.8 Å². The van der Waals surface area contributed by atoms with Crippen LogP contribution >= 0.6 is 11.6 Å². The summed E-state index contributed by atoms with van der Waals surface area (Å²) in [6, 6.07) is 9.88. The van der Waals surface area contributed by atoms with E-state index in [1.165, 1.54) is 0 Å². The third-order valence-corrected chi connectivity index (χ3v) is 4.43. The summed E-state index contributed by atoms with van der Waals surface area (Å²) < 4.78 is 16.4. The number of ether oxygens (including phenoxy) is 3. The van der Waals surface area contributed by atoms with Gasteiger partial charge in [0.1, 0.15) is 5.75 Å². The number of halogens is 1. The minimum atomic E-state index is 0.519. The van der Waals surface area contributed by atoms with Gasteiger partial charge in [-0.1, -0.05) is 23.7 Å². The topological polar surface area (TPSA) is 64.1 Å². The highest BCUT2D eigenvalue weighted by Crippen LogP contribution is 2.36. The minimum Gasteiger partial charge on any atom is -0.496 e. The molecule has 0 saturated carbocycles. The molecule has 0 spiro atoms. The SMILES string of the molecule is CCOc1c(Cl)cc(CNC(=NC)NCc2ccc(C)cc2OC)cc1OC. The number of rotatable bonds is 8. The van der Waals surface area contributed by atoms with Gasteiger partial charge in [0.2, 0.25) is 0 Å². The smallest absolute Gasteiger partial charge is 0.191 e. The Morgan fingerprint density at radius 3 is 2.39 bits per heavy atom. The first kappa shape index (κ1) is 21.7. The van der Waals surface area contributed by atoms with E-state index in [9.17, 15) is 0 Å². The number of guanidine groups is 1. The molecule has 0 radical (unpaired) electrons. The van der Waals surface area contributed by atoms with Crippen LogP contribution in [0, 0.1) is 6.92 Å². The van der Waals surface area contributed by atoms with Gasteiger partial charge in [0.15, 0.2) is 17.5 Å². The van der Waals surface area contributed by atoms with Gasteiger partial charge in [-0.05, 0) is 43.2 Å². The second-order valence-corrected chi connectivity index (χ2v) is 6.54. The zero-order chi connectivity index (χ0) is 20.5. The van der Waals surface area contributed by atoms with Crippen LogP contribution in [0.2, 0.25) is 5.02 Å². The summed E-state index contributed by atoms with van der Waals surface area (Å²) >= 11 is 6.34. The van der Waals surface area contributed by atoms with Crippen molar-refractivity contribution in [3.63, 3.8) is 0 Å². The van der Waals surface area contributed by atoms with Gasteiger partial charge < -0.3 is 24.8 Å². The largest absolute Gasteiger partial charge is 0.496 e. The second kappa shape index (κ2) is 10.7. The molecule has 0 bridgehead atoms. The average molecular weight is 406 g/mol. The lowest BCUT2D eigenvalue weighted by Gasteiger charge is -2.16. The molecule has 0 saturated heterocycles. The predicted octanol–water partition coefficient (Wildman–Crippen LogP) is 3.93. The highest BCUT2D eigenvalue weighted by molar-refractivity contribution is 6.32. The van der Waals surface area contributed by atoms with E-state index in [4.69, 9.17) is 25.8 Å². The molecule has 0 aliphatic carbocycles. The molecule has 2 N–H and O–H groups in total. The molecule has 0 aliphatic rings. The van der Waals surface area contributed by atoms with Crippen LogP contribution in [0.15, 0.2) is 35.3 Å². The number of nitrogens with one attached hydrogen (secondary N) is 2. The summed E-state index contributed by atoms with van der Waals surface area (Å²) in [6.07, 6.45) is 0. The Morgan fingerprint density at radius 2 is 1.75 bits per heavy atom. The zero-order valence-electron chi connectivity index (χ0n) is 17.1. The van der Waals surface area contributed by atoms with Gasteiger partial charge >= 0.3 is 0 Å². The van der Waals surface area contributed by atoms with E-state index in [1.54, 1.807) is 21.3 Å². The molecule has 28 heavy (non-hydrogen) atoms. The van der Waals surface area contributed by atoms with Gasteiger partial charge in [0.25, 0.3) is 0 Å². The number of hydrogen-bond acceptors (Lipinski definition) is 4. The van der Waals surface area contributed by atoms with E-state index in [2.05, 4.69) is 21.7 Å². The lowest BCUT2D eigenvalue weighted by atomic mass is 10.1. The third-order valence-electron chi connectivity index (χ3n) is 4.15. The monoisotopic (exact) mass is 405 g/mol. The third kappa shape index (κ3) is 5.70. The molecule has 0 unspecified atom stereocenters. The van der Waals surface area contributed by atoms with Crippen LogP contribution in [0.25, 0.3) is 0 Å². The summed E-state index contributed by atoms with van der Waals surface area (Å²) in [5.41, 5.74) is 3.17. The standard InChI is InChI=1S/C21H28ClN3O3/c1-6-28-20-17(22)10-15(11-19(20)27-5)12-24-21(23-3)25-13-16-8-7-14(2)9-18(16)26-4/h7-11H,6,12-13H2,1-5H3,(H2,23,24,25). The van der Waals surface area contributed by atoms with Crippen LogP contribution in [0.1, 0.15) is 23.6 Å². The van der Waals surface area contributed by atoms with Gasteiger partial charge in [0, 0.05) is 25.7 Å². The second-order valence-electron chi connectivity index (χ2n) is 6.14. The molecule has 6 nitrogen and oxygen atoms in total. The van der Waals surface area contributed by atoms with Gasteiger partial charge in [-0.25, -0.2) is 0 Å². The average Bonchev–Trinajstić information content (AvgIpc) is 2.70. The van der Waals surface area contributed by atoms with Crippen LogP contribution in [0.4, 0.5) is 0 Å². The Morgan fingerprint density at radius 1 is 1.04 bits per heavy atom. The summed E-state index contributed by atoms with van der Waals surface area (Å²) in [6.45, 7) is 5.59. The Balaban J connectivity index is 2.02. The minimum absolute atomic E-state index is 0.519. The van der Waals surface area contributed by atoms with Crippen molar-refractivity contribution in [2.45, 2.75) is 26.9 Å². The first-order valence-electron chi connectivity index (χ1n) is 9.09. The van der Waals surface area contributed by atoms with E-state index in [0.29, 0.717) is 42.2 Å². The Bertz CT molecular complexity index is 825. The zero-order valence-corrected chi connectivity index (χ0v) is 17.8. The van der Waals surface area contributed by atoms with Crippen molar-refractivity contribution in [2.24, 2.45) is 4.99 Å². The van der Waals surface area contributed by atoms with Crippen LogP contribution in [0.5, 0.6) is 17.2 Å². The molecule has 0 amide bonds. The normalized spacial score (nSPS) is 11.1. The fourth-order valence-electron chi connectivity index (χ4n) is 2.74. The fourth-order valence-corrected chi connectivity index (χ4v) is 3.03. The summed E-state index contributed by atoms with van der Waals surface area (Å²) in [5, 5.41) is 7.09. The molecular weight excluding hydrogens is 378 g/mol. The summed E-state index contributed by atoms with van der Waals surface area (Å²) in [5.74, 6) is 2.69. The highest BCUT2D eigenvalue weighted by Gasteiger charge is 2.12. The van der Waals surface area contributed by atoms with Crippen molar-refractivity contribution < 1.29 is 14.2 Å². The maximum atomic E-state index is 6.34. The molecule has 0 aliphatic heterocycles. The van der Waals surface area contributed by atoms with E-state index >= 15 is 0 Å². The maximum absolute atomic E-state index is 6.34. The summed E-state index contributed by atoms with van der Waals surface area (Å²) in [7, 11) is 5.00. The van der Waals surface area contributed by atoms with Crippen LogP contribution < -0.4 is 24.8 Å². The maximum Gasteiger partial charge on any atom is 0.191 e. The molecule has 7 heteroatoms. The molecule has 2 aromatic carbocycles. The quantitative estimate of drug-likeness (QED) is 0.514. The van der Waals surface area contributed by atoms with Crippen molar-refractivity contribution in [3.05, 3.63) is 52.0 Å². The number of benzene rings is 2. The van der Waals surface area contributed by atoms with Crippen LogP contribution in [-0.2, 0) is 13.1 Å². The number of aryl methyl sites for hydroxylation is 1. The van der Waals surface area contributed by atoms with Gasteiger partial charge in [-0.3, -0.25) is 4.99 Å². The van der Waals surface area contributed by atoms with Gasteiger partial charge in [-0.15, -0.1) is 0 Å². The number of hydrogen-bond donors (Lipinski definition) is 2. The van der Waals surface area contributed by atoms with Gasteiger partial charge in [-0.2, -0.15) is 0 Å². The highest BCUT2D eigenvalue weighted by atomic mass is 35.5. The molecule has 152 valence electrons. The number of methoxy groups -OCH3 is 2. The Kier molecular flexibility index (Phi) is 8.26. The van der Waals surface area contributed by atoms with Crippen molar-refractivity contribution in [1.29, 1.82) is 0 Å². The van der Waals surface area contributed by atoms with E-state index in [1.807, 2.05) is 38.1 Å². The summed E-state index contributed by atoms with van der Waals surface area (Å²) in [4.78, 5) is 4.27. The van der Waals surface area contributed by atoms with E-state index < -0.39 is 0 Å². The lowest BCUT2D eigenvalue weighted by Crippen LogP contribution is -2.36. The van der Waals surface area contributed by atoms with Crippen molar-refractivity contribution in [3.8, 4) is 17.2 Å². The van der Waals surface area contributed by atoms with Gasteiger partial charge in [0.05, 0.1) is 25.8 Å². The first-order chi connectivity index (χ1) is 13.5. The van der Waals surface area contributed by atoms with E-state index in [0.717, 1.165) is 22.4 Å².